The van der Waals surface area contributed by atoms with Gasteiger partial charge in [0.05, 0.1) is 0 Å². The number of aliphatic hydroxyl groups is 2. The summed E-state index contributed by atoms with van der Waals surface area (Å²) in [6.45, 7) is 4.92. The van der Waals surface area contributed by atoms with Gasteiger partial charge >= 0.3 is 0 Å². The van der Waals surface area contributed by atoms with Crippen LogP contribution >= 0.6 is 0 Å². The van der Waals surface area contributed by atoms with Gasteiger partial charge in [-0.15, -0.1) is 0 Å². The van der Waals surface area contributed by atoms with Crippen molar-refractivity contribution in [1.29, 1.82) is 0 Å². The maximum atomic E-state index is 10.2. The second kappa shape index (κ2) is 27.8. The predicted molar refractivity (Wildman–Crippen MR) is 84.8 cm³/mol. The maximum Gasteiger partial charge on any atom is 0.155 e. The summed E-state index contributed by atoms with van der Waals surface area (Å²) < 4.78 is 4.66. The zero-order valence-electron chi connectivity index (χ0n) is 12.3. The van der Waals surface area contributed by atoms with Gasteiger partial charge in [0, 0.05) is 0 Å². The first kappa shape index (κ1) is 37.1. The molecule has 8 nitrogen and oxygen atoms in total. The lowest BCUT2D eigenvalue weighted by Crippen LogP contribution is -2.09. The van der Waals surface area contributed by atoms with Crippen LogP contribution in [0.1, 0.15) is 42.5 Å². The molecule has 0 spiro atoms. The lowest BCUT2D eigenvalue weighted by atomic mass is 10.4. The van der Waals surface area contributed by atoms with Crippen LogP contribution in [0.5, 0.6) is 0 Å². The summed E-state index contributed by atoms with van der Waals surface area (Å²) in [4.78, 5) is 39.5. The highest BCUT2D eigenvalue weighted by molar-refractivity contribution is 5.79. The van der Waals surface area contributed by atoms with Crippen molar-refractivity contribution in [3.63, 3.8) is 0 Å². The molecule has 8 heteroatoms. The Kier molecular flexibility index (Phi) is 46.9. The molecule has 0 saturated heterocycles. The molecule has 0 radical (unpaired) electrons. The van der Waals surface area contributed by atoms with Crippen LogP contribution in [0.3, 0.4) is 0 Å². The topological polar surface area (TPSA) is 149 Å². The van der Waals surface area contributed by atoms with E-state index < -0.39 is 0 Å². The third-order valence-corrected chi connectivity index (χ3v) is 1.06. The van der Waals surface area contributed by atoms with E-state index in [9.17, 15) is 19.2 Å². The van der Waals surface area contributed by atoms with Crippen LogP contribution < -0.4 is 0 Å². The van der Waals surface area contributed by atoms with E-state index in [0.717, 1.165) is 0 Å². The lowest BCUT2D eigenvalue weighted by Gasteiger charge is -1.94. The molecule has 0 amide bonds. The number of ether oxygens (including phenoxy) is 1. The lowest BCUT2D eigenvalue weighted by molar-refractivity contribution is -0.126. The van der Waals surface area contributed by atoms with Gasteiger partial charge < -0.3 is 20.4 Å². The van der Waals surface area contributed by atoms with Gasteiger partial charge in [-0.25, -0.2) is 0 Å². The smallest absolute Gasteiger partial charge is 0.155 e. The van der Waals surface area contributed by atoms with Crippen molar-refractivity contribution < 1.29 is 39.6 Å². The maximum absolute atomic E-state index is 10.2. The van der Waals surface area contributed by atoms with Crippen molar-refractivity contribution in [2.45, 2.75) is 42.5 Å². The van der Waals surface area contributed by atoms with Crippen LogP contribution in [0.15, 0.2) is 0 Å². The Bertz CT molecular complexity index is 259. The van der Waals surface area contributed by atoms with Gasteiger partial charge in [-0.1, -0.05) is 14.9 Å². The van der Waals surface area contributed by atoms with E-state index in [-0.39, 0.29) is 69.9 Å². The van der Waals surface area contributed by atoms with Crippen molar-refractivity contribution >= 4 is 23.1 Å². The molecule has 0 bridgehead atoms. The van der Waals surface area contributed by atoms with Crippen molar-refractivity contribution in [3.8, 4) is 0 Å². The van der Waals surface area contributed by atoms with Gasteiger partial charge in [-0.3, -0.25) is 19.2 Å². The number of hydrogen-bond donors (Lipinski definition) is 2. The minimum Gasteiger partial charge on any atom is -0.412 e. The predicted octanol–water partition coefficient (Wildman–Crippen LogP) is -0.236. The highest BCUT2D eigenvalue weighted by atomic mass is 16.5. The van der Waals surface area contributed by atoms with Crippen LogP contribution in [0.4, 0.5) is 0 Å². The fraction of sp³-hybridized carbons (Fsp3) is 0.714. The Morgan fingerprint density at radius 1 is 0.682 bits per heavy atom. The quantitative estimate of drug-likeness (QED) is 0.683. The molecule has 0 unspecified atom stereocenters. The summed E-state index contributed by atoms with van der Waals surface area (Å²) in [6.07, 6.45) is 0. The van der Waals surface area contributed by atoms with E-state index in [1.165, 1.54) is 27.7 Å². The Hall–Kier alpha value is -1.48. The molecular formula is C14H32O8. The Labute approximate surface area is 132 Å². The highest BCUT2D eigenvalue weighted by Crippen LogP contribution is 1.76. The van der Waals surface area contributed by atoms with Crippen LogP contribution in [-0.4, -0.2) is 65.2 Å². The zero-order valence-corrected chi connectivity index (χ0v) is 12.3. The molecule has 136 valence electrons. The van der Waals surface area contributed by atoms with Crippen molar-refractivity contribution in [2.24, 2.45) is 0 Å². The molecule has 0 aliphatic carbocycles. The molecular weight excluding hydrogens is 296 g/mol. The highest BCUT2D eigenvalue weighted by Gasteiger charge is 1.94. The number of carbonyl (C=O) groups excluding carboxylic acids is 4. The summed E-state index contributed by atoms with van der Waals surface area (Å²) in [5, 5.41) is 15.6. The van der Waals surface area contributed by atoms with Gasteiger partial charge in [0.15, 0.2) is 23.1 Å². The largest absolute Gasteiger partial charge is 0.412 e. The van der Waals surface area contributed by atoms with E-state index in [1.54, 1.807) is 0 Å². The monoisotopic (exact) mass is 328 g/mol. The van der Waals surface area contributed by atoms with Crippen molar-refractivity contribution in [2.75, 3.05) is 26.4 Å². The molecule has 22 heavy (non-hydrogen) atoms. The van der Waals surface area contributed by atoms with Gasteiger partial charge in [0.2, 0.25) is 0 Å². The number of aliphatic hydroxyl groups excluding tert-OH is 2. The van der Waals surface area contributed by atoms with Crippen molar-refractivity contribution in [3.05, 3.63) is 0 Å². The summed E-state index contributed by atoms with van der Waals surface area (Å²) in [5.74, 6) is -0.498. The first-order valence-corrected chi connectivity index (χ1v) is 5.44. The number of carbonyl (C=O) groups is 4. The molecule has 0 rings (SSSR count). The fourth-order valence-electron chi connectivity index (χ4n) is 0.338. The third kappa shape index (κ3) is 78.3. The van der Waals surface area contributed by atoms with E-state index >= 15 is 0 Å². The summed E-state index contributed by atoms with van der Waals surface area (Å²) in [5.41, 5.74) is 0. The molecule has 0 aromatic rings. The van der Waals surface area contributed by atoms with Crippen LogP contribution in [0.25, 0.3) is 0 Å². The Balaban J connectivity index is -0.0000000434. The van der Waals surface area contributed by atoms with E-state index in [2.05, 4.69) is 4.74 Å². The van der Waals surface area contributed by atoms with E-state index in [4.69, 9.17) is 10.2 Å². The molecule has 0 aromatic heterocycles. The normalized spacial score (nSPS) is 7.18. The first-order chi connectivity index (χ1) is 8.67. The SMILES string of the molecule is C.C.CC(=O)CO.CC(=O)CO.CC(=O)COCC(C)=O.O. The van der Waals surface area contributed by atoms with Crippen LogP contribution in [0, 0.1) is 0 Å². The number of Topliss-reactive ketones (excluding diaryl/α,β-unsaturated/α-hetero) is 4. The molecule has 0 aliphatic rings. The van der Waals surface area contributed by atoms with Crippen molar-refractivity contribution in [1.82, 2.24) is 0 Å². The first-order valence-electron chi connectivity index (χ1n) is 5.44. The summed E-state index contributed by atoms with van der Waals surface area (Å²) in [7, 11) is 0. The summed E-state index contributed by atoms with van der Waals surface area (Å²) >= 11 is 0. The molecule has 0 fully saturated rings. The van der Waals surface area contributed by atoms with E-state index in [1.807, 2.05) is 0 Å². The molecule has 4 N–H and O–H groups in total. The van der Waals surface area contributed by atoms with Crippen LogP contribution in [0.2, 0.25) is 0 Å². The molecule has 0 saturated carbocycles. The molecule has 0 heterocycles. The average molecular weight is 328 g/mol. The minimum atomic E-state index is -0.333. The number of hydrogen-bond acceptors (Lipinski definition) is 7. The minimum absolute atomic E-state index is 0. The molecule has 0 aromatic carbocycles. The second-order valence-electron chi connectivity index (χ2n) is 3.62. The molecule has 0 atom stereocenters. The van der Waals surface area contributed by atoms with Gasteiger partial charge in [0.1, 0.15) is 26.4 Å². The molecule has 0 aliphatic heterocycles. The van der Waals surface area contributed by atoms with Gasteiger partial charge in [-0.05, 0) is 27.7 Å². The van der Waals surface area contributed by atoms with Crippen LogP contribution in [-0.2, 0) is 23.9 Å². The fourth-order valence-corrected chi connectivity index (χ4v) is 0.338. The number of ketones is 4. The standard InChI is InChI=1S/C6H10O3.2C3H6O2.2CH4.H2O/c1-5(7)3-9-4-6(2)8;2*1-3(5)2-4;;;/h3-4H2,1-2H3;2*4H,2H2,1H3;2*1H4;1H2. The zero-order chi connectivity index (χ0) is 15.8. The van der Waals surface area contributed by atoms with Gasteiger partial charge in [0.25, 0.3) is 0 Å². The Morgan fingerprint density at radius 3 is 0.955 bits per heavy atom. The number of rotatable bonds is 6. The Morgan fingerprint density at radius 2 is 0.864 bits per heavy atom. The van der Waals surface area contributed by atoms with Gasteiger partial charge in [-0.2, -0.15) is 0 Å². The average Bonchev–Trinajstić information content (AvgIpc) is 2.29. The second-order valence-corrected chi connectivity index (χ2v) is 3.62. The summed E-state index contributed by atoms with van der Waals surface area (Å²) in [6, 6.07) is 0. The third-order valence-electron chi connectivity index (χ3n) is 1.06. The van der Waals surface area contributed by atoms with E-state index in [0.29, 0.717) is 0 Å².